The van der Waals surface area contributed by atoms with Gasteiger partial charge in [-0.05, 0) is 0 Å². The lowest BCUT2D eigenvalue weighted by atomic mass is 9.96. The molecule has 2 aliphatic heterocycles. The van der Waals surface area contributed by atoms with Crippen LogP contribution >= 0.6 is 0 Å². The van der Waals surface area contributed by atoms with Gasteiger partial charge in [0.15, 0.2) is 18.2 Å². The number of carbonyl (C=O) groups is 1. The molecule has 2 saturated heterocycles. The van der Waals surface area contributed by atoms with E-state index in [-0.39, 0.29) is 0 Å². The van der Waals surface area contributed by atoms with Gasteiger partial charge in [-0.1, -0.05) is 0 Å². The van der Waals surface area contributed by atoms with Gasteiger partial charge in [0, 0.05) is 6.92 Å². The fourth-order valence-electron chi connectivity index (χ4n) is 1.87. The Kier molecular flexibility index (Phi) is 2.65. The van der Waals surface area contributed by atoms with Crippen LogP contribution in [0.4, 0.5) is 0 Å². The predicted molar refractivity (Wildman–Crippen MR) is 48.6 cm³/mol. The molecule has 0 saturated carbocycles. The van der Waals surface area contributed by atoms with Crippen LogP contribution in [0.15, 0.2) is 0 Å². The minimum atomic E-state index is -1.53. The van der Waals surface area contributed by atoms with Crippen molar-refractivity contribution in [1.29, 1.82) is 0 Å². The zero-order valence-electron chi connectivity index (χ0n) is 8.49. The van der Waals surface area contributed by atoms with Crippen LogP contribution in [-0.2, 0) is 9.53 Å². The van der Waals surface area contributed by atoms with E-state index in [0.29, 0.717) is 0 Å². The first-order valence-corrected chi connectivity index (χ1v) is 4.83. The first kappa shape index (κ1) is 11.7. The molecule has 0 radical (unpaired) electrons. The SMILES string of the molecule is CC(=O)N[C@@H]1[C@@H](O)[C@H](O)[C@]2(N[C@@H]2O)O[C@@H]1O. The second-order valence-corrected chi connectivity index (χ2v) is 4.01. The molecule has 2 fully saturated rings. The summed E-state index contributed by atoms with van der Waals surface area (Å²) in [5.74, 6) is -0.473. The van der Waals surface area contributed by atoms with E-state index < -0.39 is 42.4 Å². The van der Waals surface area contributed by atoms with Crippen molar-refractivity contribution in [2.24, 2.45) is 0 Å². The Bertz CT molecular complexity index is 313. The Morgan fingerprint density at radius 2 is 1.94 bits per heavy atom. The molecule has 2 heterocycles. The molecule has 0 aliphatic carbocycles. The molecule has 16 heavy (non-hydrogen) atoms. The molecule has 8 heteroatoms. The average Bonchev–Trinajstić information content (AvgIpc) is 2.82. The largest absolute Gasteiger partial charge is 0.388 e. The van der Waals surface area contributed by atoms with Gasteiger partial charge in [0.1, 0.15) is 18.2 Å². The molecule has 1 spiro atoms. The Morgan fingerprint density at radius 1 is 1.38 bits per heavy atom. The van der Waals surface area contributed by atoms with Crippen LogP contribution in [0.2, 0.25) is 0 Å². The zero-order valence-corrected chi connectivity index (χ0v) is 8.49. The number of aliphatic hydroxyl groups is 4. The van der Waals surface area contributed by atoms with E-state index >= 15 is 0 Å². The van der Waals surface area contributed by atoms with Crippen LogP contribution in [0.1, 0.15) is 6.92 Å². The van der Waals surface area contributed by atoms with E-state index in [1.54, 1.807) is 0 Å². The number of hydrogen-bond acceptors (Lipinski definition) is 7. The summed E-state index contributed by atoms with van der Waals surface area (Å²) in [5, 5.41) is 42.8. The van der Waals surface area contributed by atoms with Gasteiger partial charge >= 0.3 is 0 Å². The summed E-state index contributed by atoms with van der Waals surface area (Å²) in [6, 6.07) is -1.13. The normalized spacial score (nSPS) is 51.4. The molecule has 2 rings (SSSR count). The second-order valence-electron chi connectivity index (χ2n) is 4.01. The van der Waals surface area contributed by atoms with Crippen molar-refractivity contribution >= 4 is 5.91 Å². The number of amides is 1. The van der Waals surface area contributed by atoms with Gasteiger partial charge in [0.2, 0.25) is 5.91 Å². The van der Waals surface area contributed by atoms with E-state index in [4.69, 9.17) is 4.74 Å². The molecular weight excluding hydrogens is 220 g/mol. The van der Waals surface area contributed by atoms with Crippen molar-refractivity contribution in [3.63, 3.8) is 0 Å². The summed E-state index contributed by atoms with van der Waals surface area (Å²) in [5.41, 5.74) is -1.53. The molecule has 0 bridgehead atoms. The minimum Gasteiger partial charge on any atom is -0.388 e. The van der Waals surface area contributed by atoms with Crippen LogP contribution in [0.3, 0.4) is 0 Å². The molecular formula is C8H14N2O6. The highest BCUT2D eigenvalue weighted by molar-refractivity contribution is 5.73. The number of hydrogen-bond donors (Lipinski definition) is 6. The van der Waals surface area contributed by atoms with E-state index in [1.165, 1.54) is 6.92 Å². The quantitative estimate of drug-likeness (QED) is 0.255. The van der Waals surface area contributed by atoms with Crippen LogP contribution in [-0.4, -0.2) is 62.8 Å². The lowest BCUT2D eigenvalue weighted by Gasteiger charge is -2.40. The van der Waals surface area contributed by atoms with Gasteiger partial charge in [-0.2, -0.15) is 0 Å². The number of aliphatic hydroxyl groups excluding tert-OH is 4. The molecule has 0 aromatic rings. The third-order valence-electron chi connectivity index (χ3n) is 2.81. The van der Waals surface area contributed by atoms with Crippen LogP contribution < -0.4 is 10.6 Å². The molecule has 2 aliphatic rings. The van der Waals surface area contributed by atoms with Crippen LogP contribution in [0, 0.1) is 0 Å². The van der Waals surface area contributed by atoms with E-state index in [9.17, 15) is 25.2 Å². The van der Waals surface area contributed by atoms with Gasteiger partial charge in [-0.3, -0.25) is 10.1 Å². The minimum absolute atomic E-state index is 0.473. The number of carbonyl (C=O) groups excluding carboxylic acids is 1. The maximum Gasteiger partial charge on any atom is 0.217 e. The first-order chi connectivity index (χ1) is 7.38. The van der Waals surface area contributed by atoms with Gasteiger partial charge in [-0.25, -0.2) is 0 Å². The monoisotopic (exact) mass is 234 g/mol. The van der Waals surface area contributed by atoms with Crippen LogP contribution in [0.25, 0.3) is 0 Å². The van der Waals surface area contributed by atoms with Gasteiger partial charge in [0.05, 0.1) is 0 Å². The van der Waals surface area contributed by atoms with E-state index in [2.05, 4.69) is 10.6 Å². The predicted octanol–water partition coefficient (Wildman–Crippen LogP) is -3.82. The Labute approximate surface area is 90.8 Å². The fourth-order valence-corrected chi connectivity index (χ4v) is 1.87. The third-order valence-corrected chi connectivity index (χ3v) is 2.81. The lowest BCUT2D eigenvalue weighted by molar-refractivity contribution is -0.268. The molecule has 8 nitrogen and oxygen atoms in total. The third kappa shape index (κ3) is 1.59. The van der Waals surface area contributed by atoms with Crippen molar-refractivity contribution in [3.8, 4) is 0 Å². The average molecular weight is 234 g/mol. The summed E-state index contributed by atoms with van der Waals surface area (Å²) in [7, 11) is 0. The molecule has 0 unspecified atom stereocenters. The highest BCUT2D eigenvalue weighted by Crippen LogP contribution is 2.37. The van der Waals surface area contributed by atoms with Gasteiger partial charge in [0.25, 0.3) is 0 Å². The zero-order chi connectivity index (χ0) is 12.1. The summed E-state index contributed by atoms with van der Waals surface area (Å²) in [6.45, 7) is 1.21. The van der Waals surface area contributed by atoms with Crippen molar-refractivity contribution in [2.45, 2.75) is 43.4 Å². The van der Waals surface area contributed by atoms with E-state index in [1.807, 2.05) is 0 Å². The molecule has 6 atom stereocenters. The first-order valence-electron chi connectivity index (χ1n) is 4.83. The fraction of sp³-hybridized carbons (Fsp3) is 0.875. The summed E-state index contributed by atoms with van der Waals surface area (Å²) in [4.78, 5) is 10.8. The molecule has 0 aromatic heterocycles. The Hall–Kier alpha value is -0.770. The van der Waals surface area contributed by atoms with Crippen molar-refractivity contribution in [2.75, 3.05) is 0 Å². The van der Waals surface area contributed by atoms with E-state index in [0.717, 1.165) is 0 Å². The highest BCUT2D eigenvalue weighted by Gasteiger charge is 2.67. The standard InChI is InChI=1S/C8H14N2O6/c1-2(11)9-3-4(12)5(13)8(7(15)10-8)16-6(3)14/h3-7,10,12-15H,1H3,(H,9,11)/t3-,4-,5+,6+,7-,8+/m1/s1. The summed E-state index contributed by atoms with van der Waals surface area (Å²) >= 11 is 0. The van der Waals surface area contributed by atoms with Crippen molar-refractivity contribution in [1.82, 2.24) is 10.6 Å². The Morgan fingerprint density at radius 3 is 2.38 bits per heavy atom. The molecule has 92 valence electrons. The number of ether oxygens (including phenoxy) is 1. The van der Waals surface area contributed by atoms with Crippen molar-refractivity contribution in [3.05, 3.63) is 0 Å². The summed E-state index contributed by atoms with van der Waals surface area (Å²) in [6.07, 6.45) is -5.53. The molecule has 6 N–H and O–H groups in total. The van der Waals surface area contributed by atoms with Gasteiger partial charge in [-0.15, -0.1) is 0 Å². The van der Waals surface area contributed by atoms with Gasteiger partial charge < -0.3 is 30.5 Å². The maximum atomic E-state index is 10.8. The topological polar surface area (TPSA) is 141 Å². The lowest BCUT2D eigenvalue weighted by Crippen LogP contribution is -2.65. The molecule has 1 amide bonds. The molecule has 0 aromatic carbocycles. The summed E-state index contributed by atoms with van der Waals surface area (Å²) < 4.78 is 4.96. The van der Waals surface area contributed by atoms with Crippen molar-refractivity contribution < 1.29 is 30.0 Å². The number of nitrogens with one attached hydrogen (secondary N) is 2. The smallest absolute Gasteiger partial charge is 0.217 e. The number of rotatable bonds is 1. The second kappa shape index (κ2) is 3.62. The Balaban J connectivity index is 2.12. The maximum absolute atomic E-state index is 10.8. The highest BCUT2D eigenvalue weighted by atomic mass is 16.7. The van der Waals surface area contributed by atoms with Crippen LogP contribution in [0.5, 0.6) is 0 Å².